The first-order valence-corrected chi connectivity index (χ1v) is 12.9. The van der Waals surface area contributed by atoms with Crippen molar-refractivity contribution in [2.75, 3.05) is 50.2 Å². The van der Waals surface area contributed by atoms with Crippen LogP contribution < -0.4 is 19.3 Å². The van der Waals surface area contributed by atoms with E-state index in [2.05, 4.69) is 9.89 Å². The summed E-state index contributed by atoms with van der Waals surface area (Å²) in [5, 5.41) is 9.83. The molecule has 15 heteroatoms. The zero-order valence-electron chi connectivity index (χ0n) is 23.9. The average molecular weight is 627 g/mol. The molecule has 11 nitrogen and oxygen atoms in total. The van der Waals surface area contributed by atoms with Gasteiger partial charge in [0.25, 0.3) is 0 Å². The van der Waals surface area contributed by atoms with Crippen molar-refractivity contribution in [3.05, 3.63) is 77.6 Å². The van der Waals surface area contributed by atoms with Crippen LogP contribution in [0.3, 0.4) is 0 Å². The lowest BCUT2D eigenvalue weighted by molar-refractivity contribution is -0.138. The van der Waals surface area contributed by atoms with Crippen LogP contribution in [0, 0.1) is 5.82 Å². The Morgan fingerprint density at radius 3 is 2.20 bits per heavy atom. The highest BCUT2D eigenvalue weighted by atomic mass is 19.4. The molecule has 0 radical (unpaired) electrons. The number of anilines is 2. The van der Waals surface area contributed by atoms with Crippen LogP contribution in [0.25, 0.3) is 0 Å². The Kier molecular flexibility index (Phi) is 11.5. The topological polar surface area (TPSA) is 172 Å². The Morgan fingerprint density at radius 2 is 1.59 bits per heavy atom. The van der Waals surface area contributed by atoms with Crippen LogP contribution in [-0.4, -0.2) is 78.8 Å². The van der Waals surface area contributed by atoms with Crippen LogP contribution in [0.15, 0.2) is 65.7 Å². The second-order valence-electron chi connectivity index (χ2n) is 9.63. The van der Waals surface area contributed by atoms with Crippen molar-refractivity contribution in [3.8, 4) is 11.5 Å². The van der Waals surface area contributed by atoms with Gasteiger partial charge < -0.3 is 45.7 Å². The molecule has 0 unspecified atom stereocenters. The van der Waals surface area contributed by atoms with Gasteiger partial charge >= 0.3 is 12.1 Å². The van der Waals surface area contributed by atoms with Gasteiger partial charge in [0.15, 0.2) is 0 Å². The number of hydrogen-bond donors (Lipinski definition) is 1. The van der Waals surface area contributed by atoms with Gasteiger partial charge in [0.1, 0.15) is 23.0 Å². The fourth-order valence-corrected chi connectivity index (χ4v) is 5.24. The molecule has 2 aliphatic rings. The lowest BCUT2D eigenvalue weighted by Crippen LogP contribution is -2.55. The van der Waals surface area contributed by atoms with E-state index in [-0.39, 0.29) is 45.1 Å². The molecule has 7 N–H and O–H groups in total. The fraction of sp³-hybridized carbons (Fsp3) is 0.310. The number of carbonyl (C=O) groups is 1. The minimum absolute atomic E-state index is 0. The molecule has 3 aromatic carbocycles. The van der Waals surface area contributed by atoms with Gasteiger partial charge in [-0.1, -0.05) is 18.2 Å². The summed E-state index contributed by atoms with van der Waals surface area (Å²) in [7, 11) is 2.90. The summed E-state index contributed by atoms with van der Waals surface area (Å²) >= 11 is 0. The second kappa shape index (κ2) is 14.2. The molecule has 0 aliphatic carbocycles. The monoisotopic (exact) mass is 626 g/mol. The molecule has 2 aliphatic heterocycles. The van der Waals surface area contributed by atoms with E-state index >= 15 is 4.39 Å². The Balaban J connectivity index is 0.00000225. The number of halogens is 4. The molecule has 44 heavy (non-hydrogen) atoms. The maximum absolute atomic E-state index is 15.1. The number of aliphatic imine (C=N–C) groups is 1. The van der Waals surface area contributed by atoms with Crippen molar-refractivity contribution in [1.29, 1.82) is 0 Å². The molecule has 1 fully saturated rings. The van der Waals surface area contributed by atoms with Crippen molar-refractivity contribution in [2.24, 2.45) is 4.99 Å². The molecule has 0 amide bonds. The first kappa shape index (κ1) is 35.6. The number of rotatable bonds is 6. The number of methoxy groups -OCH3 is 2. The summed E-state index contributed by atoms with van der Waals surface area (Å²) in [5.41, 5.74) is 0.204. The third kappa shape index (κ3) is 6.96. The van der Waals surface area contributed by atoms with Gasteiger partial charge in [-0.3, -0.25) is 4.79 Å². The quantitative estimate of drug-likeness (QED) is 0.409. The molecule has 1 saturated heterocycles. The number of hydrogen-bond acceptors (Lipinski definition) is 7. The van der Waals surface area contributed by atoms with Crippen LogP contribution in [0.5, 0.6) is 11.5 Å². The molecule has 2 heterocycles. The maximum Gasteiger partial charge on any atom is 0.416 e. The predicted octanol–water partition coefficient (Wildman–Crippen LogP) is 3.23. The van der Waals surface area contributed by atoms with Gasteiger partial charge in [-0.25, -0.2) is 9.38 Å². The van der Waals surface area contributed by atoms with E-state index in [0.717, 1.165) is 17.8 Å². The number of alkyl halides is 3. The number of carboxylic acid groups (broad SMARTS) is 1. The van der Waals surface area contributed by atoms with Crippen molar-refractivity contribution in [1.82, 2.24) is 4.90 Å². The third-order valence-electron chi connectivity index (χ3n) is 7.23. The minimum Gasteiger partial charge on any atom is -0.497 e. The van der Waals surface area contributed by atoms with Crippen molar-refractivity contribution >= 4 is 29.0 Å². The Hall–Kier alpha value is -4.60. The number of aliphatic carboxylic acids is 1. The Morgan fingerprint density at radius 1 is 0.932 bits per heavy atom. The number of guanidine groups is 1. The molecule has 0 saturated carbocycles. The molecular formula is C29H34F4N4O7. The molecule has 0 aromatic heterocycles. The zero-order chi connectivity index (χ0) is 29.3. The summed E-state index contributed by atoms with van der Waals surface area (Å²) < 4.78 is 67.3. The number of carboxylic acids is 1. The molecule has 3 aromatic rings. The highest BCUT2D eigenvalue weighted by Crippen LogP contribution is 2.46. The molecule has 1 atom stereocenters. The van der Waals surface area contributed by atoms with E-state index in [0.29, 0.717) is 31.9 Å². The van der Waals surface area contributed by atoms with E-state index < -0.39 is 36.0 Å². The van der Waals surface area contributed by atoms with E-state index in [1.54, 1.807) is 13.2 Å². The van der Waals surface area contributed by atoms with Crippen LogP contribution in [0.2, 0.25) is 0 Å². The van der Waals surface area contributed by atoms with E-state index in [1.807, 2.05) is 29.2 Å². The van der Waals surface area contributed by atoms with Gasteiger partial charge in [0, 0.05) is 43.5 Å². The number of para-hydroxylation sites is 1. The van der Waals surface area contributed by atoms with Gasteiger partial charge in [-0.2, -0.15) is 13.2 Å². The normalized spacial score (nSPS) is 16.0. The summed E-state index contributed by atoms with van der Waals surface area (Å²) in [6.07, 6.45) is -5.18. The van der Waals surface area contributed by atoms with E-state index in [4.69, 9.17) is 9.47 Å². The van der Waals surface area contributed by atoms with Crippen molar-refractivity contribution in [3.63, 3.8) is 0 Å². The molecule has 0 spiro atoms. The highest BCUT2D eigenvalue weighted by Gasteiger charge is 2.40. The van der Waals surface area contributed by atoms with Crippen LogP contribution >= 0.6 is 0 Å². The standard InChI is InChI=1S/C29H28F4N4O4.3H2O/c1-40-20-6-3-5-19(16-20)35-11-13-36(14-12-35)28-34-27-21(7-4-8-22(27)30)23(17-26(38)39)37(28)24-15-18(29(31,32)33)9-10-25(24)41-2;;;/h3-10,15-16,23H,11-14,17H2,1-2H3,(H,38,39);3*1H2/t23-;;;/m0.../s1. The first-order valence-electron chi connectivity index (χ1n) is 12.9. The SMILES string of the molecule is COc1cccc(N2CCN(C3=Nc4c(F)cccc4[C@H](CC(=O)O)N3c3cc(C(F)(F)F)ccc3OC)CC2)c1.O.O.O. The number of fused-ring (bicyclic) bond motifs is 1. The number of benzene rings is 3. The second-order valence-corrected chi connectivity index (χ2v) is 9.63. The number of nitrogens with zero attached hydrogens (tertiary/aromatic N) is 4. The third-order valence-corrected chi connectivity index (χ3v) is 7.23. The molecule has 0 bridgehead atoms. The van der Waals surface area contributed by atoms with Gasteiger partial charge in [-0.15, -0.1) is 0 Å². The number of piperazine rings is 1. The van der Waals surface area contributed by atoms with E-state index in [9.17, 15) is 23.1 Å². The van der Waals surface area contributed by atoms with Crippen molar-refractivity contribution in [2.45, 2.75) is 18.6 Å². The lowest BCUT2D eigenvalue weighted by Gasteiger charge is -2.45. The average Bonchev–Trinajstić information content (AvgIpc) is 2.96. The Labute approximate surface area is 250 Å². The minimum atomic E-state index is -4.66. The molecule has 5 rings (SSSR count). The zero-order valence-corrected chi connectivity index (χ0v) is 23.9. The van der Waals surface area contributed by atoms with Gasteiger partial charge in [0.2, 0.25) is 5.96 Å². The summed E-state index contributed by atoms with van der Waals surface area (Å²) in [6.45, 7) is 1.82. The van der Waals surface area contributed by atoms with Crippen LogP contribution in [0.4, 0.5) is 34.6 Å². The van der Waals surface area contributed by atoms with Crippen LogP contribution in [-0.2, 0) is 11.0 Å². The smallest absolute Gasteiger partial charge is 0.416 e. The largest absolute Gasteiger partial charge is 0.497 e. The Bertz CT molecular complexity index is 1480. The fourth-order valence-electron chi connectivity index (χ4n) is 5.24. The lowest BCUT2D eigenvalue weighted by atomic mass is 9.96. The van der Waals surface area contributed by atoms with Crippen LogP contribution in [0.1, 0.15) is 23.6 Å². The summed E-state index contributed by atoms with van der Waals surface area (Å²) in [4.78, 5) is 22.0. The van der Waals surface area contributed by atoms with Crippen molar-refractivity contribution < 1.29 is 53.4 Å². The summed E-state index contributed by atoms with van der Waals surface area (Å²) in [5.74, 6) is -0.910. The highest BCUT2D eigenvalue weighted by molar-refractivity contribution is 6.02. The first-order chi connectivity index (χ1) is 19.6. The molecule has 240 valence electrons. The van der Waals surface area contributed by atoms with Gasteiger partial charge in [-0.05, 0) is 36.4 Å². The van der Waals surface area contributed by atoms with E-state index in [1.165, 1.54) is 30.2 Å². The molecular weight excluding hydrogens is 592 g/mol. The maximum atomic E-state index is 15.1. The predicted molar refractivity (Wildman–Crippen MR) is 157 cm³/mol. The number of ether oxygens (including phenoxy) is 2. The summed E-state index contributed by atoms with van der Waals surface area (Å²) in [6, 6.07) is 13.7. The van der Waals surface area contributed by atoms with Gasteiger partial charge in [0.05, 0.1) is 37.9 Å².